The first-order chi connectivity index (χ1) is 8.13. The Morgan fingerprint density at radius 2 is 2.12 bits per heavy atom. The van der Waals surface area contributed by atoms with Gasteiger partial charge in [0.25, 0.3) is 0 Å². The van der Waals surface area contributed by atoms with Crippen LogP contribution in [-0.4, -0.2) is 29.6 Å². The summed E-state index contributed by atoms with van der Waals surface area (Å²) < 4.78 is 13.8. The van der Waals surface area contributed by atoms with E-state index < -0.39 is 0 Å². The molecule has 0 aromatic carbocycles. The molecule has 5 heteroatoms. The van der Waals surface area contributed by atoms with E-state index in [0.29, 0.717) is 13.2 Å². The van der Waals surface area contributed by atoms with Gasteiger partial charge >= 0.3 is 0 Å². The number of hydrogen-bond donors (Lipinski definition) is 0. The SMILES string of the molecule is CCc1nn(CC)c(COC(C)COC)c1Br. The van der Waals surface area contributed by atoms with Crippen molar-refractivity contribution in [3.8, 4) is 0 Å². The molecule has 1 unspecified atom stereocenters. The fraction of sp³-hybridized carbons (Fsp3) is 0.750. The van der Waals surface area contributed by atoms with Gasteiger partial charge in [0.1, 0.15) is 0 Å². The zero-order valence-corrected chi connectivity index (χ0v) is 12.6. The van der Waals surface area contributed by atoms with E-state index in [1.165, 1.54) is 0 Å². The van der Waals surface area contributed by atoms with Crippen molar-refractivity contribution in [1.29, 1.82) is 0 Å². The molecular formula is C12H21BrN2O2. The molecular weight excluding hydrogens is 284 g/mol. The summed E-state index contributed by atoms with van der Waals surface area (Å²) in [6.45, 7) is 8.22. The van der Waals surface area contributed by atoms with Crippen LogP contribution in [0.2, 0.25) is 0 Å². The van der Waals surface area contributed by atoms with Gasteiger partial charge in [-0.15, -0.1) is 0 Å². The normalized spacial score (nSPS) is 13.0. The first-order valence-corrected chi connectivity index (χ1v) is 6.77. The number of aromatic nitrogens is 2. The molecule has 1 rings (SSSR count). The second kappa shape index (κ2) is 7.13. The average Bonchev–Trinajstić information content (AvgIpc) is 2.63. The van der Waals surface area contributed by atoms with Gasteiger partial charge in [-0.25, -0.2) is 0 Å². The van der Waals surface area contributed by atoms with Gasteiger partial charge in [-0.2, -0.15) is 5.10 Å². The van der Waals surface area contributed by atoms with Gasteiger partial charge in [-0.1, -0.05) is 6.92 Å². The molecule has 0 saturated carbocycles. The maximum Gasteiger partial charge on any atom is 0.0901 e. The highest BCUT2D eigenvalue weighted by Crippen LogP contribution is 2.23. The van der Waals surface area contributed by atoms with Crippen molar-refractivity contribution in [3.63, 3.8) is 0 Å². The van der Waals surface area contributed by atoms with E-state index in [9.17, 15) is 0 Å². The third-order valence-electron chi connectivity index (χ3n) is 2.60. The first kappa shape index (κ1) is 14.7. The molecule has 0 saturated heterocycles. The number of hydrogen-bond acceptors (Lipinski definition) is 3. The van der Waals surface area contributed by atoms with Gasteiger partial charge in [-0.05, 0) is 36.2 Å². The fourth-order valence-corrected chi connectivity index (χ4v) is 2.34. The van der Waals surface area contributed by atoms with Gasteiger partial charge < -0.3 is 9.47 Å². The molecule has 0 bridgehead atoms. The largest absolute Gasteiger partial charge is 0.382 e. The van der Waals surface area contributed by atoms with Crippen molar-refractivity contribution >= 4 is 15.9 Å². The van der Waals surface area contributed by atoms with Crippen molar-refractivity contribution in [3.05, 3.63) is 15.9 Å². The Kier molecular flexibility index (Phi) is 6.16. The standard InChI is InChI=1S/C12H21BrN2O2/c1-5-10-12(13)11(15(6-2)14-10)8-17-9(3)7-16-4/h9H,5-8H2,1-4H3. The van der Waals surface area contributed by atoms with Crippen LogP contribution in [-0.2, 0) is 29.0 Å². The third-order valence-corrected chi connectivity index (χ3v) is 3.52. The molecule has 17 heavy (non-hydrogen) atoms. The van der Waals surface area contributed by atoms with Crippen LogP contribution >= 0.6 is 15.9 Å². The maximum atomic E-state index is 5.73. The van der Waals surface area contributed by atoms with Crippen LogP contribution in [0.5, 0.6) is 0 Å². The summed E-state index contributed by atoms with van der Waals surface area (Å²) in [7, 11) is 1.68. The van der Waals surface area contributed by atoms with Crippen LogP contribution in [0.25, 0.3) is 0 Å². The predicted octanol–water partition coefficient (Wildman–Crippen LogP) is 2.78. The maximum absolute atomic E-state index is 5.73. The highest BCUT2D eigenvalue weighted by atomic mass is 79.9. The number of nitrogens with zero attached hydrogens (tertiary/aromatic N) is 2. The Labute approximate surface area is 111 Å². The Morgan fingerprint density at radius 3 is 2.65 bits per heavy atom. The number of methoxy groups -OCH3 is 1. The van der Waals surface area contributed by atoms with E-state index in [1.54, 1.807) is 7.11 Å². The van der Waals surface area contributed by atoms with Gasteiger partial charge in [0.05, 0.1) is 35.2 Å². The van der Waals surface area contributed by atoms with Crippen LogP contribution in [0.3, 0.4) is 0 Å². The Hall–Kier alpha value is -0.390. The quantitative estimate of drug-likeness (QED) is 0.777. The summed E-state index contributed by atoms with van der Waals surface area (Å²) in [5, 5.41) is 4.53. The van der Waals surface area contributed by atoms with Crippen LogP contribution in [0.4, 0.5) is 0 Å². The molecule has 1 heterocycles. The first-order valence-electron chi connectivity index (χ1n) is 5.98. The van der Waals surface area contributed by atoms with Crippen LogP contribution in [0, 0.1) is 0 Å². The molecule has 1 aromatic heterocycles. The number of ether oxygens (including phenoxy) is 2. The van der Waals surface area contributed by atoms with Crippen molar-refractivity contribution in [2.75, 3.05) is 13.7 Å². The molecule has 0 aliphatic carbocycles. The summed E-state index contributed by atoms with van der Waals surface area (Å²) in [4.78, 5) is 0. The topological polar surface area (TPSA) is 36.3 Å². The monoisotopic (exact) mass is 304 g/mol. The number of halogens is 1. The lowest BCUT2D eigenvalue weighted by molar-refractivity contribution is -0.00286. The molecule has 98 valence electrons. The molecule has 0 radical (unpaired) electrons. The minimum Gasteiger partial charge on any atom is -0.382 e. The van der Waals surface area contributed by atoms with E-state index in [-0.39, 0.29) is 6.10 Å². The average molecular weight is 305 g/mol. The van der Waals surface area contributed by atoms with E-state index in [4.69, 9.17) is 9.47 Å². The second-order valence-electron chi connectivity index (χ2n) is 3.95. The lowest BCUT2D eigenvalue weighted by atomic mass is 10.3. The van der Waals surface area contributed by atoms with Crippen LogP contribution in [0.15, 0.2) is 4.47 Å². The molecule has 1 aromatic rings. The molecule has 0 aliphatic heterocycles. The van der Waals surface area contributed by atoms with Crippen molar-refractivity contribution in [2.24, 2.45) is 0 Å². The lowest BCUT2D eigenvalue weighted by Gasteiger charge is -2.12. The highest BCUT2D eigenvalue weighted by molar-refractivity contribution is 9.10. The second-order valence-corrected chi connectivity index (χ2v) is 4.75. The van der Waals surface area contributed by atoms with Gasteiger partial charge in [-0.3, -0.25) is 4.68 Å². The summed E-state index contributed by atoms with van der Waals surface area (Å²) >= 11 is 3.60. The lowest BCUT2D eigenvalue weighted by Crippen LogP contribution is -2.16. The van der Waals surface area contributed by atoms with Gasteiger partial charge in [0.2, 0.25) is 0 Å². The van der Waals surface area contributed by atoms with Crippen molar-refractivity contribution < 1.29 is 9.47 Å². The summed E-state index contributed by atoms with van der Waals surface area (Å²) in [6.07, 6.45) is 1.02. The van der Waals surface area contributed by atoms with E-state index in [0.717, 1.165) is 28.8 Å². The molecule has 0 amide bonds. The zero-order chi connectivity index (χ0) is 12.8. The summed E-state index contributed by atoms with van der Waals surface area (Å²) in [6, 6.07) is 0. The Bertz CT molecular complexity index is 353. The van der Waals surface area contributed by atoms with Crippen LogP contribution in [0.1, 0.15) is 32.2 Å². The number of rotatable bonds is 7. The molecule has 0 fully saturated rings. The summed E-state index contributed by atoms with van der Waals surface area (Å²) in [5.41, 5.74) is 2.19. The fourth-order valence-electron chi connectivity index (χ4n) is 1.66. The molecule has 0 N–H and O–H groups in total. The van der Waals surface area contributed by atoms with Crippen molar-refractivity contribution in [2.45, 2.75) is 46.4 Å². The van der Waals surface area contributed by atoms with Gasteiger partial charge in [0, 0.05) is 13.7 Å². The number of aryl methyl sites for hydroxylation is 2. The smallest absolute Gasteiger partial charge is 0.0901 e. The third kappa shape index (κ3) is 3.79. The molecule has 1 atom stereocenters. The van der Waals surface area contributed by atoms with E-state index >= 15 is 0 Å². The van der Waals surface area contributed by atoms with Gasteiger partial charge in [0.15, 0.2) is 0 Å². The van der Waals surface area contributed by atoms with Crippen molar-refractivity contribution in [1.82, 2.24) is 9.78 Å². The highest BCUT2D eigenvalue weighted by Gasteiger charge is 2.14. The zero-order valence-electron chi connectivity index (χ0n) is 11.0. The molecule has 4 nitrogen and oxygen atoms in total. The molecule has 0 spiro atoms. The Balaban J connectivity index is 2.72. The minimum absolute atomic E-state index is 0.0946. The molecule has 0 aliphatic rings. The Morgan fingerprint density at radius 1 is 1.41 bits per heavy atom. The predicted molar refractivity (Wildman–Crippen MR) is 71.1 cm³/mol. The summed E-state index contributed by atoms with van der Waals surface area (Å²) in [5.74, 6) is 0. The minimum atomic E-state index is 0.0946. The van der Waals surface area contributed by atoms with Crippen LogP contribution < -0.4 is 0 Å². The van der Waals surface area contributed by atoms with E-state index in [1.807, 2.05) is 11.6 Å². The van der Waals surface area contributed by atoms with E-state index in [2.05, 4.69) is 34.9 Å².